The molecular formula is C17H24N2O5S. The van der Waals surface area contributed by atoms with Crippen molar-refractivity contribution in [2.45, 2.75) is 32.2 Å². The topological polar surface area (TPSA) is 104 Å². The van der Waals surface area contributed by atoms with Crippen LogP contribution in [0.2, 0.25) is 0 Å². The van der Waals surface area contributed by atoms with Crippen molar-refractivity contribution in [3.05, 3.63) is 35.4 Å². The van der Waals surface area contributed by atoms with Crippen LogP contribution in [-0.2, 0) is 26.0 Å². The summed E-state index contributed by atoms with van der Waals surface area (Å²) in [6.07, 6.45) is 2.46. The van der Waals surface area contributed by atoms with Gasteiger partial charge in [0.05, 0.1) is 12.2 Å². The van der Waals surface area contributed by atoms with Crippen LogP contribution in [0.15, 0.2) is 24.3 Å². The van der Waals surface area contributed by atoms with Gasteiger partial charge in [-0.1, -0.05) is 29.8 Å². The van der Waals surface area contributed by atoms with Crippen LogP contribution in [0.5, 0.6) is 0 Å². The Morgan fingerprint density at radius 3 is 2.72 bits per heavy atom. The molecule has 0 saturated carbocycles. The highest BCUT2D eigenvalue weighted by atomic mass is 32.2. The molecule has 0 unspecified atom stereocenters. The van der Waals surface area contributed by atoms with Gasteiger partial charge >= 0.3 is 5.97 Å². The maximum absolute atomic E-state index is 12.3. The average Bonchev–Trinajstić information content (AvgIpc) is 3.00. The van der Waals surface area contributed by atoms with E-state index in [1.807, 2.05) is 31.2 Å². The van der Waals surface area contributed by atoms with Crippen LogP contribution in [0.3, 0.4) is 0 Å². The largest absolute Gasteiger partial charge is 0.481 e. The van der Waals surface area contributed by atoms with Gasteiger partial charge in [0.1, 0.15) is 6.04 Å². The third-order valence-corrected chi connectivity index (χ3v) is 5.66. The Hall–Kier alpha value is -1.93. The first-order chi connectivity index (χ1) is 11.7. The number of aryl methyl sites for hydroxylation is 1. The van der Waals surface area contributed by atoms with Gasteiger partial charge in [0.25, 0.3) is 0 Å². The minimum absolute atomic E-state index is 0.0315. The lowest BCUT2D eigenvalue weighted by atomic mass is 9.98. The number of sulfonamides is 1. The molecule has 0 aliphatic carbocycles. The molecular weight excluding hydrogens is 344 g/mol. The maximum atomic E-state index is 12.3. The van der Waals surface area contributed by atoms with Crippen molar-refractivity contribution in [2.75, 3.05) is 19.3 Å². The molecule has 7 nitrogen and oxygen atoms in total. The quantitative estimate of drug-likeness (QED) is 0.740. The summed E-state index contributed by atoms with van der Waals surface area (Å²) in [7, 11) is -3.45. The molecule has 2 atom stereocenters. The van der Waals surface area contributed by atoms with Gasteiger partial charge in [-0.25, -0.2) is 8.42 Å². The second-order valence-electron chi connectivity index (χ2n) is 6.51. The molecule has 1 aliphatic rings. The zero-order chi connectivity index (χ0) is 18.6. The van der Waals surface area contributed by atoms with Crippen LogP contribution >= 0.6 is 0 Å². The molecule has 1 aromatic carbocycles. The van der Waals surface area contributed by atoms with Crippen LogP contribution in [0, 0.1) is 12.8 Å². The Morgan fingerprint density at radius 1 is 1.40 bits per heavy atom. The maximum Gasteiger partial charge on any atom is 0.308 e. The number of hydrogen-bond acceptors (Lipinski definition) is 4. The van der Waals surface area contributed by atoms with E-state index >= 15 is 0 Å². The van der Waals surface area contributed by atoms with Crippen LogP contribution in [0.4, 0.5) is 0 Å². The number of hydrogen-bond donors (Lipinski definition) is 2. The molecule has 1 amide bonds. The highest BCUT2D eigenvalue weighted by Gasteiger charge is 2.36. The van der Waals surface area contributed by atoms with Gasteiger partial charge in [-0.2, -0.15) is 4.31 Å². The Kier molecular flexibility index (Phi) is 6.18. The first-order valence-corrected chi connectivity index (χ1v) is 10.1. The molecule has 0 spiro atoms. The monoisotopic (exact) mass is 368 g/mol. The van der Waals surface area contributed by atoms with Crippen LogP contribution < -0.4 is 5.32 Å². The molecule has 2 N–H and O–H groups in total. The van der Waals surface area contributed by atoms with Gasteiger partial charge in [0.15, 0.2) is 0 Å². The highest BCUT2D eigenvalue weighted by molar-refractivity contribution is 7.88. The minimum atomic E-state index is -3.45. The summed E-state index contributed by atoms with van der Waals surface area (Å²) >= 11 is 0. The first-order valence-electron chi connectivity index (χ1n) is 8.21. The Labute approximate surface area is 148 Å². The van der Waals surface area contributed by atoms with Crippen LogP contribution in [-0.4, -0.2) is 55.1 Å². The fourth-order valence-corrected chi connectivity index (χ4v) is 4.24. The number of carbonyl (C=O) groups excluding carboxylic acids is 1. The summed E-state index contributed by atoms with van der Waals surface area (Å²) in [5.41, 5.74) is 1.93. The molecule has 0 radical (unpaired) electrons. The lowest BCUT2D eigenvalue weighted by molar-refractivity contribution is -0.141. The summed E-state index contributed by atoms with van der Waals surface area (Å²) in [6, 6.07) is 6.82. The summed E-state index contributed by atoms with van der Waals surface area (Å²) in [5, 5.41) is 12.0. The van der Waals surface area contributed by atoms with Crippen molar-refractivity contribution >= 4 is 21.9 Å². The second-order valence-corrected chi connectivity index (χ2v) is 8.44. The summed E-state index contributed by atoms with van der Waals surface area (Å²) in [6.45, 7) is 2.22. The number of benzene rings is 1. The molecule has 25 heavy (non-hydrogen) atoms. The first kappa shape index (κ1) is 19.4. The molecule has 0 aromatic heterocycles. The van der Waals surface area contributed by atoms with Crippen molar-refractivity contribution in [1.82, 2.24) is 9.62 Å². The number of nitrogens with zero attached hydrogens (tertiary/aromatic N) is 1. The molecule has 1 aromatic rings. The molecule has 1 aliphatic heterocycles. The molecule has 1 fully saturated rings. The van der Waals surface area contributed by atoms with Gasteiger partial charge in [-0.3, -0.25) is 9.59 Å². The number of rotatable bonds is 7. The number of carboxylic acid groups (broad SMARTS) is 1. The summed E-state index contributed by atoms with van der Waals surface area (Å²) in [4.78, 5) is 23.8. The minimum Gasteiger partial charge on any atom is -0.481 e. The van der Waals surface area contributed by atoms with E-state index in [1.165, 1.54) is 4.31 Å². The SMILES string of the molecule is Cc1cccc(C[C@@H](CNC(=O)[C@@H]2CCCN2S(C)(=O)=O)C(=O)O)c1. The third-order valence-electron chi connectivity index (χ3n) is 4.37. The second kappa shape index (κ2) is 7.97. The molecule has 1 heterocycles. The summed E-state index contributed by atoms with van der Waals surface area (Å²) in [5.74, 6) is -2.19. The number of nitrogens with one attached hydrogen (secondary N) is 1. The van der Waals surface area contributed by atoms with Gasteiger partial charge < -0.3 is 10.4 Å². The average molecular weight is 368 g/mol. The Balaban J connectivity index is 1.99. The van der Waals surface area contributed by atoms with Gasteiger partial charge in [-0.05, 0) is 31.7 Å². The molecule has 138 valence electrons. The zero-order valence-corrected chi connectivity index (χ0v) is 15.3. The van der Waals surface area contributed by atoms with E-state index in [2.05, 4.69) is 5.32 Å². The fourth-order valence-electron chi connectivity index (χ4n) is 3.11. The lowest BCUT2D eigenvalue weighted by Crippen LogP contribution is -2.47. The van der Waals surface area contributed by atoms with Crippen molar-refractivity contribution in [2.24, 2.45) is 5.92 Å². The van der Waals surface area contributed by atoms with E-state index in [0.717, 1.165) is 17.4 Å². The predicted octanol–water partition coefficient (Wildman–Crippen LogP) is 0.779. The van der Waals surface area contributed by atoms with E-state index < -0.39 is 33.9 Å². The van der Waals surface area contributed by atoms with E-state index in [-0.39, 0.29) is 6.54 Å². The van der Waals surface area contributed by atoms with Gasteiger partial charge in [-0.15, -0.1) is 0 Å². The molecule has 8 heteroatoms. The van der Waals surface area contributed by atoms with Gasteiger partial charge in [0.2, 0.25) is 15.9 Å². The Morgan fingerprint density at radius 2 is 2.12 bits per heavy atom. The number of aliphatic carboxylic acids is 1. The van der Waals surface area contributed by atoms with Crippen molar-refractivity contribution in [1.29, 1.82) is 0 Å². The van der Waals surface area contributed by atoms with Crippen molar-refractivity contribution < 1.29 is 23.1 Å². The lowest BCUT2D eigenvalue weighted by Gasteiger charge is -2.22. The number of carboxylic acids is 1. The van der Waals surface area contributed by atoms with Gasteiger partial charge in [0, 0.05) is 13.1 Å². The zero-order valence-electron chi connectivity index (χ0n) is 14.4. The fraction of sp³-hybridized carbons (Fsp3) is 0.529. The Bertz CT molecular complexity index is 747. The normalized spacial score (nSPS) is 19.5. The van der Waals surface area contributed by atoms with Crippen LogP contribution in [0.25, 0.3) is 0 Å². The van der Waals surface area contributed by atoms with Crippen molar-refractivity contribution in [3.8, 4) is 0 Å². The third kappa shape index (κ3) is 5.27. The van der Waals surface area contributed by atoms with E-state index in [9.17, 15) is 23.1 Å². The highest BCUT2D eigenvalue weighted by Crippen LogP contribution is 2.20. The molecule has 2 rings (SSSR count). The number of amides is 1. The van der Waals surface area contributed by atoms with Crippen molar-refractivity contribution in [3.63, 3.8) is 0 Å². The van der Waals surface area contributed by atoms with Crippen LogP contribution in [0.1, 0.15) is 24.0 Å². The van der Waals surface area contributed by atoms with E-state index in [1.54, 1.807) is 0 Å². The smallest absolute Gasteiger partial charge is 0.308 e. The standard InChI is InChI=1S/C17H24N2O5S/c1-12-5-3-6-13(9-12)10-14(17(21)22)11-18-16(20)15-7-4-8-19(15)25(2,23)24/h3,5-6,9,14-15H,4,7-8,10-11H2,1-2H3,(H,18,20)(H,21,22)/t14-,15-/m0/s1. The summed E-state index contributed by atoms with van der Waals surface area (Å²) < 4.78 is 24.6. The predicted molar refractivity (Wildman–Crippen MR) is 93.6 cm³/mol. The van der Waals surface area contributed by atoms with E-state index in [4.69, 9.17) is 0 Å². The van der Waals surface area contributed by atoms with E-state index in [0.29, 0.717) is 25.8 Å². The molecule has 1 saturated heterocycles. The molecule has 0 bridgehead atoms. The number of carbonyl (C=O) groups is 2.